The average Bonchev–Trinajstić information content (AvgIpc) is 3.26. The fraction of sp³-hybridized carbons (Fsp3) is 0.0769. The number of benzene rings is 3. The number of hydrogen-bond donors (Lipinski definition) is 4. The highest BCUT2D eigenvalue weighted by atomic mass is 16.4. The minimum absolute atomic E-state index is 0.0669. The minimum atomic E-state index is -1.22. The van der Waals surface area contributed by atoms with Gasteiger partial charge in [0.05, 0.1) is 5.69 Å². The summed E-state index contributed by atoms with van der Waals surface area (Å²) in [5, 5.41) is 23.0. The van der Waals surface area contributed by atoms with Crippen LogP contribution in [0, 0.1) is 0 Å². The summed E-state index contributed by atoms with van der Waals surface area (Å²) in [4.78, 5) is 46.4. The molecule has 0 aliphatic heterocycles. The van der Waals surface area contributed by atoms with Gasteiger partial charge >= 0.3 is 11.7 Å². The number of aromatic hydroxyl groups is 1. The van der Waals surface area contributed by atoms with Gasteiger partial charge < -0.3 is 15.2 Å². The zero-order chi connectivity index (χ0) is 24.5. The number of hydrogen-bond acceptors (Lipinski definition) is 5. The van der Waals surface area contributed by atoms with Crippen molar-refractivity contribution < 1.29 is 15.0 Å². The maximum absolute atomic E-state index is 12.6. The zero-order valence-electron chi connectivity index (χ0n) is 18.3. The van der Waals surface area contributed by atoms with Crippen molar-refractivity contribution in [1.29, 1.82) is 0 Å². The third kappa shape index (κ3) is 3.99. The van der Waals surface area contributed by atoms with Crippen LogP contribution in [0.3, 0.4) is 0 Å². The number of aromatic nitrogens is 3. The van der Waals surface area contributed by atoms with E-state index >= 15 is 0 Å². The van der Waals surface area contributed by atoms with E-state index in [1.807, 2.05) is 42.5 Å². The lowest BCUT2D eigenvalue weighted by molar-refractivity contribution is -0.138. The van der Waals surface area contributed by atoms with Crippen LogP contribution in [0.15, 0.2) is 87.5 Å². The Morgan fingerprint density at radius 2 is 1.71 bits per heavy atom. The van der Waals surface area contributed by atoms with Crippen molar-refractivity contribution in [2.24, 2.45) is 4.99 Å². The first-order chi connectivity index (χ1) is 16.9. The molecule has 2 heterocycles. The molecular formula is C26H20N4O5. The summed E-state index contributed by atoms with van der Waals surface area (Å²) in [5.41, 5.74) is -0.0257. The van der Waals surface area contributed by atoms with Crippen molar-refractivity contribution in [3.05, 3.63) is 105 Å². The molecule has 0 bridgehead atoms. The first-order valence-corrected chi connectivity index (χ1v) is 10.8. The van der Waals surface area contributed by atoms with Gasteiger partial charge in [-0.3, -0.25) is 14.8 Å². The van der Waals surface area contributed by atoms with E-state index in [4.69, 9.17) is 0 Å². The molecule has 3 aromatic carbocycles. The molecule has 0 radical (unpaired) electrons. The van der Waals surface area contributed by atoms with Crippen LogP contribution >= 0.6 is 0 Å². The predicted octanol–water partition coefficient (Wildman–Crippen LogP) is 2.98. The van der Waals surface area contributed by atoms with Gasteiger partial charge in [0.1, 0.15) is 5.56 Å². The van der Waals surface area contributed by atoms with E-state index in [2.05, 4.69) is 15.0 Å². The first-order valence-electron chi connectivity index (χ1n) is 10.8. The second kappa shape index (κ2) is 8.79. The summed E-state index contributed by atoms with van der Waals surface area (Å²) in [6.07, 6.45) is 2.79. The second-order valence-electron chi connectivity index (χ2n) is 8.03. The predicted molar refractivity (Wildman–Crippen MR) is 133 cm³/mol. The number of para-hydroxylation sites is 1. The maximum Gasteiger partial charge on any atom is 0.335 e. The number of carboxylic acids is 1. The molecular weight excluding hydrogens is 448 g/mol. The molecule has 5 aromatic rings. The van der Waals surface area contributed by atoms with Gasteiger partial charge in [-0.05, 0) is 23.1 Å². The molecule has 1 atom stereocenters. The fourth-order valence-electron chi connectivity index (χ4n) is 4.16. The summed E-state index contributed by atoms with van der Waals surface area (Å²) < 4.78 is 0.973. The molecule has 2 aromatic heterocycles. The van der Waals surface area contributed by atoms with Crippen molar-refractivity contribution in [1.82, 2.24) is 14.5 Å². The number of rotatable bonds is 6. The summed E-state index contributed by atoms with van der Waals surface area (Å²) in [6, 6.07) is 18.8. The second-order valence-corrected chi connectivity index (χ2v) is 8.03. The molecule has 9 heteroatoms. The zero-order valence-corrected chi connectivity index (χ0v) is 18.3. The van der Waals surface area contributed by atoms with Crippen molar-refractivity contribution in [2.75, 3.05) is 0 Å². The number of nitrogens with zero attached hydrogens (tertiary/aromatic N) is 2. The lowest BCUT2D eigenvalue weighted by Crippen LogP contribution is -2.31. The molecule has 0 saturated carbocycles. The Morgan fingerprint density at radius 1 is 1.00 bits per heavy atom. The molecule has 4 N–H and O–H groups in total. The molecule has 174 valence electrons. The lowest BCUT2D eigenvalue weighted by atomic mass is 10.1. The van der Waals surface area contributed by atoms with Gasteiger partial charge in [0.25, 0.3) is 5.56 Å². The van der Waals surface area contributed by atoms with Crippen LogP contribution in [0.2, 0.25) is 0 Å². The Hall–Kier alpha value is -4.92. The maximum atomic E-state index is 12.6. The minimum Gasteiger partial charge on any atom is -0.493 e. The van der Waals surface area contributed by atoms with Crippen molar-refractivity contribution in [3.8, 4) is 11.6 Å². The lowest BCUT2D eigenvalue weighted by Gasteiger charge is -2.12. The fourth-order valence-corrected chi connectivity index (χ4v) is 4.16. The van der Waals surface area contributed by atoms with E-state index in [1.165, 1.54) is 0 Å². The van der Waals surface area contributed by atoms with Crippen molar-refractivity contribution in [3.63, 3.8) is 0 Å². The van der Waals surface area contributed by atoms with Gasteiger partial charge in [-0.2, -0.15) is 0 Å². The highest BCUT2D eigenvalue weighted by Gasteiger charge is 2.20. The van der Waals surface area contributed by atoms with Gasteiger partial charge in [0.2, 0.25) is 5.88 Å². The number of carboxylic acid groups (broad SMARTS) is 1. The third-order valence-corrected chi connectivity index (χ3v) is 5.89. The Kier molecular flexibility index (Phi) is 5.50. The quantitative estimate of drug-likeness (QED) is 0.284. The van der Waals surface area contributed by atoms with Crippen LogP contribution in [0.4, 0.5) is 0 Å². The monoisotopic (exact) mass is 468 g/mol. The van der Waals surface area contributed by atoms with E-state index < -0.39 is 29.1 Å². The number of aromatic amines is 2. The highest BCUT2D eigenvalue weighted by Crippen LogP contribution is 2.25. The van der Waals surface area contributed by atoms with Crippen LogP contribution < -0.4 is 11.2 Å². The number of aliphatic carboxylic acids is 1. The van der Waals surface area contributed by atoms with E-state index in [0.717, 1.165) is 32.6 Å². The van der Waals surface area contributed by atoms with Crippen LogP contribution in [-0.2, 0) is 11.2 Å². The normalized spacial score (nSPS) is 12.5. The highest BCUT2D eigenvalue weighted by molar-refractivity contribution is 5.91. The summed E-state index contributed by atoms with van der Waals surface area (Å²) >= 11 is 0. The van der Waals surface area contributed by atoms with E-state index in [-0.39, 0.29) is 12.0 Å². The average molecular weight is 468 g/mol. The van der Waals surface area contributed by atoms with Gasteiger partial charge in [-0.1, -0.05) is 54.6 Å². The number of carbonyl (C=O) groups is 1. The Balaban J connectivity index is 1.56. The third-order valence-electron chi connectivity index (χ3n) is 5.89. The van der Waals surface area contributed by atoms with Crippen LogP contribution in [0.1, 0.15) is 11.1 Å². The number of nitrogens with one attached hydrogen (secondary N) is 2. The molecule has 0 aliphatic carbocycles. The van der Waals surface area contributed by atoms with E-state index in [1.54, 1.807) is 30.5 Å². The van der Waals surface area contributed by atoms with Gasteiger partial charge in [-0.15, -0.1) is 0 Å². The molecule has 9 nitrogen and oxygen atoms in total. The summed E-state index contributed by atoms with van der Waals surface area (Å²) in [7, 11) is 0. The summed E-state index contributed by atoms with van der Waals surface area (Å²) in [5.74, 6) is -1.82. The Morgan fingerprint density at radius 3 is 2.51 bits per heavy atom. The summed E-state index contributed by atoms with van der Waals surface area (Å²) in [6.45, 7) is 0. The number of aliphatic imine (C=N–C) groups is 1. The van der Waals surface area contributed by atoms with Crippen molar-refractivity contribution >= 4 is 33.9 Å². The molecule has 0 amide bonds. The van der Waals surface area contributed by atoms with Crippen molar-refractivity contribution in [2.45, 2.75) is 12.5 Å². The molecule has 35 heavy (non-hydrogen) atoms. The Bertz CT molecular complexity index is 1720. The molecule has 0 fully saturated rings. The SMILES string of the molecule is O=C(O)[C@H](Cc1c[nH]c2ccccc12)N=Cc1c(O)n(-c2cccc3ccccc23)c(=O)[nH]c1=O. The van der Waals surface area contributed by atoms with E-state index in [9.17, 15) is 24.6 Å². The van der Waals surface area contributed by atoms with Gasteiger partial charge in [0.15, 0.2) is 6.04 Å². The number of H-pyrrole nitrogens is 2. The number of fused-ring (bicyclic) bond motifs is 2. The molecule has 0 unspecified atom stereocenters. The molecule has 0 saturated heterocycles. The van der Waals surface area contributed by atoms with Gasteiger partial charge in [0, 0.05) is 35.1 Å². The van der Waals surface area contributed by atoms with E-state index in [0.29, 0.717) is 11.1 Å². The smallest absolute Gasteiger partial charge is 0.335 e. The van der Waals surface area contributed by atoms with Crippen LogP contribution in [0.5, 0.6) is 5.88 Å². The molecule has 0 spiro atoms. The molecule has 0 aliphatic rings. The first kappa shape index (κ1) is 21.9. The Labute approximate surface area is 197 Å². The van der Waals surface area contributed by atoms with Crippen LogP contribution in [-0.4, -0.2) is 43.0 Å². The topological polar surface area (TPSA) is 141 Å². The molecule has 5 rings (SSSR count). The largest absolute Gasteiger partial charge is 0.493 e. The van der Waals surface area contributed by atoms with Crippen LogP contribution in [0.25, 0.3) is 27.4 Å². The standard InChI is InChI=1S/C26H20N4O5/c31-23-19(14-28-21(25(33)34)12-16-13-27-20-10-4-3-8-17(16)20)24(32)30(26(35)29-23)22-11-5-7-15-6-1-2-9-18(15)22/h1-11,13-14,21,27,32H,12H2,(H,33,34)(H,29,31,35)/t21-/m0/s1. The van der Waals surface area contributed by atoms with Gasteiger partial charge in [-0.25, -0.2) is 14.2 Å².